The molecule has 0 aliphatic heterocycles. The summed E-state index contributed by atoms with van der Waals surface area (Å²) in [4.78, 5) is 24.5. The summed E-state index contributed by atoms with van der Waals surface area (Å²) >= 11 is 0. The van der Waals surface area contributed by atoms with Gasteiger partial charge in [0.25, 0.3) is 0 Å². The highest BCUT2D eigenvalue weighted by molar-refractivity contribution is 5.90. The molecular weight excluding hydrogens is 382 g/mol. The highest BCUT2D eigenvalue weighted by Gasteiger charge is 2.18. The second-order valence-corrected chi connectivity index (χ2v) is 7.82. The molecule has 7 nitrogen and oxygen atoms in total. The number of carbonyl (C=O) groups excluding carboxylic acids is 2. The van der Waals surface area contributed by atoms with Gasteiger partial charge in [-0.3, -0.25) is 5.32 Å². The zero-order valence-corrected chi connectivity index (χ0v) is 20.0. The molecule has 30 heavy (non-hydrogen) atoms. The van der Waals surface area contributed by atoms with Crippen LogP contribution >= 0.6 is 0 Å². The topological polar surface area (TPSA) is 88.7 Å². The molecule has 0 aliphatic carbocycles. The van der Waals surface area contributed by atoms with Gasteiger partial charge in [0.05, 0.1) is 18.4 Å². The van der Waals surface area contributed by atoms with Crippen LogP contribution in [0.25, 0.3) is 0 Å². The first-order valence-electron chi connectivity index (χ1n) is 10.3. The average molecular weight is 422 g/mol. The number of rotatable bonds is 10. The van der Waals surface area contributed by atoms with Crippen molar-refractivity contribution in [3.63, 3.8) is 0 Å². The lowest BCUT2D eigenvalue weighted by atomic mass is 10.0. The minimum absolute atomic E-state index is 0.375. The smallest absolute Gasteiger partial charge is 0.412 e. The van der Waals surface area contributed by atoms with E-state index in [1.54, 1.807) is 13.1 Å². The molecule has 170 valence electrons. The van der Waals surface area contributed by atoms with Gasteiger partial charge in [-0.15, -0.1) is 0 Å². The van der Waals surface area contributed by atoms with Gasteiger partial charge in [-0.2, -0.15) is 0 Å². The van der Waals surface area contributed by atoms with E-state index in [0.717, 1.165) is 24.0 Å². The van der Waals surface area contributed by atoms with Gasteiger partial charge in [0.2, 0.25) is 0 Å². The summed E-state index contributed by atoms with van der Waals surface area (Å²) < 4.78 is 10.3. The predicted octanol–water partition coefficient (Wildman–Crippen LogP) is 4.65. The van der Waals surface area contributed by atoms with E-state index in [0.29, 0.717) is 23.4 Å². The Bertz CT molecular complexity index is 710. The van der Waals surface area contributed by atoms with Gasteiger partial charge in [-0.25, -0.2) is 15.0 Å². The van der Waals surface area contributed by atoms with Crippen molar-refractivity contribution in [3.8, 4) is 0 Å². The molecule has 0 aromatic rings. The number of esters is 1. The number of hydrogen-bond acceptors (Lipinski definition) is 6. The van der Waals surface area contributed by atoms with Crippen molar-refractivity contribution in [2.24, 2.45) is 0 Å². The van der Waals surface area contributed by atoms with Crippen LogP contribution in [0, 0.1) is 0 Å². The van der Waals surface area contributed by atoms with Crippen LogP contribution in [0.5, 0.6) is 0 Å². The summed E-state index contributed by atoms with van der Waals surface area (Å²) in [7, 11) is 3.10. The van der Waals surface area contributed by atoms with E-state index in [-0.39, 0.29) is 5.97 Å². The summed E-state index contributed by atoms with van der Waals surface area (Å²) in [5.74, 6) is -0.375. The Morgan fingerprint density at radius 3 is 2.13 bits per heavy atom. The largest absolute Gasteiger partial charge is 0.466 e. The van der Waals surface area contributed by atoms with Crippen LogP contribution in [0.3, 0.4) is 0 Å². The SMILES string of the molecule is CC/C=C(C)/C(=C\C=C(C)\C(NNC)=C(\CCC)C(=O)OC)NC(=O)OC(C)(C)C. The minimum atomic E-state index is -0.592. The summed E-state index contributed by atoms with van der Waals surface area (Å²) in [5.41, 5.74) is 8.88. The van der Waals surface area contributed by atoms with Crippen molar-refractivity contribution >= 4 is 12.1 Å². The number of hydrogen-bond donors (Lipinski definition) is 3. The van der Waals surface area contributed by atoms with Crippen molar-refractivity contribution < 1.29 is 19.1 Å². The number of ether oxygens (including phenoxy) is 2. The highest BCUT2D eigenvalue weighted by Crippen LogP contribution is 2.19. The van der Waals surface area contributed by atoms with Crippen molar-refractivity contribution in [3.05, 3.63) is 46.3 Å². The van der Waals surface area contributed by atoms with Crippen LogP contribution < -0.4 is 16.2 Å². The molecule has 0 aromatic heterocycles. The van der Waals surface area contributed by atoms with Crippen LogP contribution in [0.2, 0.25) is 0 Å². The highest BCUT2D eigenvalue weighted by atomic mass is 16.6. The Labute approximate surface area is 181 Å². The zero-order chi connectivity index (χ0) is 23.3. The lowest BCUT2D eigenvalue weighted by Crippen LogP contribution is -2.32. The monoisotopic (exact) mass is 421 g/mol. The molecule has 3 N–H and O–H groups in total. The lowest BCUT2D eigenvalue weighted by Gasteiger charge is -2.21. The molecule has 1 amide bonds. The third kappa shape index (κ3) is 10.3. The fourth-order valence-electron chi connectivity index (χ4n) is 2.63. The Hall–Kier alpha value is -2.54. The Kier molecular flexibility index (Phi) is 12.5. The Balaban J connectivity index is 6.14. The number of hydrazine groups is 1. The Morgan fingerprint density at radius 2 is 1.67 bits per heavy atom. The first-order chi connectivity index (χ1) is 14.0. The molecule has 0 heterocycles. The molecule has 0 unspecified atom stereocenters. The molecule has 0 radical (unpaired) electrons. The second kappa shape index (κ2) is 13.6. The van der Waals surface area contributed by atoms with Crippen LogP contribution in [0.4, 0.5) is 4.79 Å². The van der Waals surface area contributed by atoms with Crippen molar-refractivity contribution in [2.45, 2.75) is 73.3 Å². The molecule has 0 rings (SSSR count). The lowest BCUT2D eigenvalue weighted by molar-refractivity contribution is -0.136. The first-order valence-corrected chi connectivity index (χ1v) is 10.3. The molecule has 0 aliphatic rings. The second-order valence-electron chi connectivity index (χ2n) is 7.82. The van der Waals surface area contributed by atoms with E-state index in [4.69, 9.17) is 9.47 Å². The number of nitrogens with one attached hydrogen (secondary N) is 3. The van der Waals surface area contributed by atoms with Gasteiger partial charge < -0.3 is 14.9 Å². The van der Waals surface area contributed by atoms with E-state index >= 15 is 0 Å². The molecule has 0 fully saturated rings. The third-order valence-corrected chi connectivity index (χ3v) is 3.95. The Morgan fingerprint density at radius 1 is 1.03 bits per heavy atom. The maximum atomic E-state index is 12.3. The van der Waals surface area contributed by atoms with Gasteiger partial charge in [0, 0.05) is 12.7 Å². The minimum Gasteiger partial charge on any atom is -0.466 e. The number of carbonyl (C=O) groups is 2. The van der Waals surface area contributed by atoms with Crippen molar-refractivity contribution in [2.75, 3.05) is 14.2 Å². The van der Waals surface area contributed by atoms with Gasteiger partial charge >= 0.3 is 12.1 Å². The first kappa shape index (κ1) is 27.5. The van der Waals surface area contributed by atoms with E-state index in [9.17, 15) is 9.59 Å². The standard InChI is InChI=1S/C23H39N3O4/c1-10-12-16(3)19(25-22(28)30-23(5,6)7)15-14-17(4)20(26-24-8)18(13-11-2)21(27)29-9/h12,14-15,24,26H,10-11,13H2,1-9H3,(H,25,28)/b16-12+,17-14+,19-15+,20-18+. The van der Waals surface area contributed by atoms with Gasteiger partial charge in [-0.05, 0) is 64.7 Å². The molecular formula is C23H39N3O4. The number of amides is 1. The number of alkyl carbamates (subject to hydrolysis) is 1. The molecule has 0 saturated carbocycles. The fraction of sp³-hybridized carbons (Fsp3) is 0.565. The number of methoxy groups -OCH3 is 1. The summed E-state index contributed by atoms with van der Waals surface area (Å²) in [6.45, 7) is 13.3. The molecule has 0 atom stereocenters. The maximum absolute atomic E-state index is 12.3. The maximum Gasteiger partial charge on any atom is 0.412 e. The summed E-state index contributed by atoms with van der Waals surface area (Å²) in [5, 5.41) is 2.82. The molecule has 0 bridgehead atoms. The van der Waals surface area contributed by atoms with Gasteiger partial charge in [-0.1, -0.05) is 32.4 Å². The predicted molar refractivity (Wildman–Crippen MR) is 121 cm³/mol. The molecule has 7 heteroatoms. The van der Waals surface area contributed by atoms with Gasteiger partial charge in [0.1, 0.15) is 5.60 Å². The van der Waals surface area contributed by atoms with Crippen LogP contribution in [0.1, 0.15) is 67.7 Å². The van der Waals surface area contributed by atoms with Crippen molar-refractivity contribution in [1.82, 2.24) is 16.2 Å². The van der Waals surface area contributed by atoms with E-state index in [1.165, 1.54) is 7.11 Å². The third-order valence-electron chi connectivity index (χ3n) is 3.95. The van der Waals surface area contributed by atoms with Gasteiger partial charge in [0.15, 0.2) is 0 Å². The summed E-state index contributed by atoms with van der Waals surface area (Å²) in [6, 6.07) is 0. The van der Waals surface area contributed by atoms with E-state index in [1.807, 2.05) is 60.6 Å². The molecule has 0 aromatic carbocycles. The van der Waals surface area contributed by atoms with Crippen LogP contribution in [-0.4, -0.2) is 31.8 Å². The summed E-state index contributed by atoms with van der Waals surface area (Å²) in [6.07, 6.45) is 7.35. The number of allylic oxidation sites excluding steroid dienone is 5. The normalized spacial score (nSPS) is 14.1. The zero-order valence-electron chi connectivity index (χ0n) is 20.0. The van der Waals surface area contributed by atoms with Crippen LogP contribution in [0.15, 0.2) is 46.3 Å². The van der Waals surface area contributed by atoms with Crippen molar-refractivity contribution in [1.29, 1.82) is 0 Å². The molecule has 0 saturated heterocycles. The fourth-order valence-corrected chi connectivity index (χ4v) is 2.63. The van der Waals surface area contributed by atoms with Crippen LogP contribution in [-0.2, 0) is 14.3 Å². The van der Waals surface area contributed by atoms with E-state index < -0.39 is 11.7 Å². The van der Waals surface area contributed by atoms with E-state index in [2.05, 4.69) is 16.2 Å². The average Bonchev–Trinajstić information content (AvgIpc) is 2.65. The quantitative estimate of drug-likeness (QED) is 0.206. The molecule has 0 spiro atoms.